The van der Waals surface area contributed by atoms with E-state index < -0.39 is 5.54 Å². The smallest absolute Gasteiger partial charge is 0.262 e. The summed E-state index contributed by atoms with van der Waals surface area (Å²) in [5, 5.41) is 18.6. The number of nitrogens with one attached hydrogen (secondary N) is 2. The molecular formula is C18H22N4O2S2. The lowest BCUT2D eigenvalue weighted by Crippen LogP contribution is -2.46. The summed E-state index contributed by atoms with van der Waals surface area (Å²) in [5.74, 6) is 0.520. The average Bonchev–Trinajstić information content (AvgIpc) is 3.23. The van der Waals surface area contributed by atoms with Crippen LogP contribution < -0.4 is 10.6 Å². The summed E-state index contributed by atoms with van der Waals surface area (Å²) in [5.41, 5.74) is 0.165. The van der Waals surface area contributed by atoms with Crippen LogP contribution in [0.25, 0.3) is 10.2 Å². The molecule has 1 atom stereocenters. The van der Waals surface area contributed by atoms with Crippen LogP contribution in [0.15, 0.2) is 23.8 Å². The fourth-order valence-corrected chi connectivity index (χ4v) is 4.39. The van der Waals surface area contributed by atoms with Crippen LogP contribution in [-0.4, -0.2) is 33.1 Å². The molecule has 138 valence electrons. The minimum Gasteiger partial charge on any atom is -0.394 e. The van der Waals surface area contributed by atoms with Crippen molar-refractivity contribution in [3.63, 3.8) is 0 Å². The summed E-state index contributed by atoms with van der Waals surface area (Å²) in [6.07, 6.45) is 1.51. The Morgan fingerprint density at radius 1 is 1.38 bits per heavy atom. The zero-order valence-electron chi connectivity index (χ0n) is 15.2. The van der Waals surface area contributed by atoms with Crippen LogP contribution in [0, 0.1) is 6.92 Å². The molecule has 3 heterocycles. The second-order valence-corrected chi connectivity index (χ2v) is 8.81. The number of carbonyl (C=O) groups excluding carboxylic acids is 1. The highest BCUT2D eigenvalue weighted by molar-refractivity contribution is 7.20. The fourth-order valence-electron chi connectivity index (χ4n) is 2.62. The Labute approximate surface area is 160 Å². The molecule has 8 heteroatoms. The molecule has 1 unspecified atom stereocenters. The number of thiophene rings is 2. The fraction of sp³-hybridized carbons (Fsp3) is 0.389. The van der Waals surface area contributed by atoms with Crippen LogP contribution in [0.1, 0.15) is 46.9 Å². The maximum atomic E-state index is 12.7. The summed E-state index contributed by atoms with van der Waals surface area (Å²) in [7, 11) is 0. The van der Waals surface area contributed by atoms with Gasteiger partial charge in [0.1, 0.15) is 17.0 Å². The number of anilines is 1. The molecule has 0 aliphatic rings. The lowest BCUT2D eigenvalue weighted by atomic mass is 10.1. The Bertz CT molecular complexity index is 919. The van der Waals surface area contributed by atoms with Gasteiger partial charge >= 0.3 is 0 Å². The minimum atomic E-state index is -0.680. The normalized spacial score (nSPS) is 13.0. The second-order valence-electron chi connectivity index (χ2n) is 6.84. The SMILES string of the molecule is Cc1c(C(=O)NC(C)(C)CO)sc2ncnc(NC(C)c3cccs3)c12. The van der Waals surface area contributed by atoms with E-state index in [2.05, 4.69) is 33.6 Å². The van der Waals surface area contributed by atoms with Crippen molar-refractivity contribution >= 4 is 44.6 Å². The quantitative estimate of drug-likeness (QED) is 0.597. The summed E-state index contributed by atoms with van der Waals surface area (Å²) < 4.78 is 0. The van der Waals surface area contributed by atoms with Gasteiger partial charge in [-0.05, 0) is 44.7 Å². The van der Waals surface area contributed by atoms with Gasteiger partial charge in [0.2, 0.25) is 0 Å². The highest BCUT2D eigenvalue weighted by atomic mass is 32.1. The van der Waals surface area contributed by atoms with Gasteiger partial charge in [0.05, 0.1) is 28.5 Å². The number of carbonyl (C=O) groups is 1. The number of aryl methyl sites for hydroxylation is 1. The predicted octanol–water partition coefficient (Wildman–Crippen LogP) is 3.74. The van der Waals surface area contributed by atoms with Crippen molar-refractivity contribution in [2.75, 3.05) is 11.9 Å². The number of nitrogens with zero attached hydrogens (tertiary/aromatic N) is 2. The lowest BCUT2D eigenvalue weighted by Gasteiger charge is -2.23. The van der Waals surface area contributed by atoms with Crippen LogP contribution in [-0.2, 0) is 0 Å². The van der Waals surface area contributed by atoms with Crippen LogP contribution in [0.4, 0.5) is 5.82 Å². The average molecular weight is 391 g/mol. The number of hydrogen-bond acceptors (Lipinski definition) is 7. The first kappa shape index (κ1) is 18.8. The van der Waals surface area contributed by atoms with Crippen molar-refractivity contribution in [1.82, 2.24) is 15.3 Å². The molecule has 0 bridgehead atoms. The lowest BCUT2D eigenvalue weighted by molar-refractivity contribution is 0.0873. The third kappa shape index (κ3) is 3.72. The predicted molar refractivity (Wildman–Crippen MR) is 107 cm³/mol. The third-order valence-electron chi connectivity index (χ3n) is 4.10. The molecule has 0 saturated heterocycles. The van der Waals surface area contributed by atoms with E-state index in [9.17, 15) is 9.90 Å². The van der Waals surface area contributed by atoms with E-state index in [4.69, 9.17) is 0 Å². The molecule has 3 rings (SSSR count). The van der Waals surface area contributed by atoms with E-state index >= 15 is 0 Å². The number of amides is 1. The highest BCUT2D eigenvalue weighted by Gasteiger charge is 2.25. The van der Waals surface area contributed by atoms with E-state index in [1.807, 2.05) is 18.4 Å². The summed E-state index contributed by atoms with van der Waals surface area (Å²) in [6, 6.07) is 4.21. The molecule has 1 amide bonds. The van der Waals surface area contributed by atoms with Crippen molar-refractivity contribution in [3.05, 3.63) is 39.2 Å². The Hall–Kier alpha value is -2.03. The van der Waals surface area contributed by atoms with Gasteiger partial charge in [-0.1, -0.05) is 6.07 Å². The molecule has 0 fully saturated rings. The van der Waals surface area contributed by atoms with E-state index in [1.165, 1.54) is 22.5 Å². The first-order valence-electron chi connectivity index (χ1n) is 8.30. The van der Waals surface area contributed by atoms with Crippen molar-refractivity contribution in [1.29, 1.82) is 0 Å². The number of aliphatic hydroxyl groups is 1. The molecule has 0 aliphatic heterocycles. The molecule has 0 spiro atoms. The van der Waals surface area contributed by atoms with E-state index in [1.54, 1.807) is 25.2 Å². The first-order valence-corrected chi connectivity index (χ1v) is 9.99. The van der Waals surface area contributed by atoms with Crippen LogP contribution in [0.3, 0.4) is 0 Å². The van der Waals surface area contributed by atoms with Gasteiger partial charge < -0.3 is 15.7 Å². The van der Waals surface area contributed by atoms with Crippen LogP contribution >= 0.6 is 22.7 Å². The number of hydrogen-bond donors (Lipinski definition) is 3. The Kier molecular flexibility index (Phi) is 5.27. The van der Waals surface area contributed by atoms with Crippen molar-refractivity contribution in [2.24, 2.45) is 0 Å². The topological polar surface area (TPSA) is 87.1 Å². The first-order chi connectivity index (χ1) is 12.3. The van der Waals surface area contributed by atoms with Gasteiger partial charge in [-0.15, -0.1) is 22.7 Å². The summed E-state index contributed by atoms with van der Waals surface area (Å²) in [6.45, 7) is 7.42. The Morgan fingerprint density at radius 2 is 2.15 bits per heavy atom. The monoisotopic (exact) mass is 390 g/mol. The molecular weight excluding hydrogens is 368 g/mol. The molecule has 3 N–H and O–H groups in total. The standard InChI is InChI=1S/C18H22N4O2S2/c1-10-13-15(21-11(2)12-6-5-7-25-12)19-9-20-17(13)26-14(10)16(24)22-18(3,4)8-23/h5-7,9,11,23H,8H2,1-4H3,(H,22,24)(H,19,20,21). The zero-order valence-corrected chi connectivity index (χ0v) is 16.8. The van der Waals surface area contributed by atoms with Gasteiger partial charge in [0, 0.05) is 4.88 Å². The molecule has 0 saturated carbocycles. The Balaban J connectivity index is 1.95. The second kappa shape index (κ2) is 7.30. The number of fused-ring (bicyclic) bond motifs is 1. The van der Waals surface area contributed by atoms with E-state index in [-0.39, 0.29) is 18.6 Å². The highest BCUT2D eigenvalue weighted by Crippen LogP contribution is 2.35. The molecule has 3 aromatic heterocycles. The molecule has 26 heavy (non-hydrogen) atoms. The van der Waals surface area contributed by atoms with Crippen molar-refractivity contribution in [2.45, 2.75) is 39.3 Å². The number of rotatable bonds is 6. The molecule has 0 aliphatic carbocycles. The van der Waals surface area contributed by atoms with Crippen molar-refractivity contribution in [3.8, 4) is 0 Å². The molecule has 6 nitrogen and oxygen atoms in total. The summed E-state index contributed by atoms with van der Waals surface area (Å²) in [4.78, 5) is 24.0. The van der Waals surface area contributed by atoms with Crippen LogP contribution in [0.2, 0.25) is 0 Å². The maximum Gasteiger partial charge on any atom is 0.262 e. The molecule has 3 aromatic rings. The maximum absolute atomic E-state index is 12.7. The number of aromatic nitrogens is 2. The molecule has 0 radical (unpaired) electrons. The van der Waals surface area contributed by atoms with Gasteiger partial charge in [-0.3, -0.25) is 4.79 Å². The minimum absolute atomic E-state index is 0.109. The summed E-state index contributed by atoms with van der Waals surface area (Å²) >= 11 is 3.03. The van der Waals surface area contributed by atoms with Gasteiger partial charge in [0.15, 0.2) is 0 Å². The largest absolute Gasteiger partial charge is 0.394 e. The van der Waals surface area contributed by atoms with Gasteiger partial charge in [-0.2, -0.15) is 0 Å². The zero-order chi connectivity index (χ0) is 18.9. The van der Waals surface area contributed by atoms with Crippen molar-refractivity contribution < 1.29 is 9.90 Å². The molecule has 0 aromatic carbocycles. The Morgan fingerprint density at radius 3 is 2.81 bits per heavy atom. The third-order valence-corrected chi connectivity index (χ3v) is 6.36. The van der Waals surface area contributed by atoms with Gasteiger partial charge in [0.25, 0.3) is 5.91 Å². The van der Waals surface area contributed by atoms with Gasteiger partial charge in [-0.25, -0.2) is 9.97 Å². The van der Waals surface area contributed by atoms with E-state index in [0.29, 0.717) is 4.88 Å². The number of aliphatic hydroxyl groups excluding tert-OH is 1. The van der Waals surface area contributed by atoms with E-state index in [0.717, 1.165) is 21.6 Å². The van der Waals surface area contributed by atoms with Crippen LogP contribution in [0.5, 0.6) is 0 Å².